The van der Waals surface area contributed by atoms with Crippen LogP contribution in [0.25, 0.3) is 0 Å². The number of piperidine rings is 1. The highest BCUT2D eigenvalue weighted by Gasteiger charge is 2.30. The molecular formula is C17H26N2OS. The molecule has 3 nitrogen and oxygen atoms in total. The zero-order valence-electron chi connectivity index (χ0n) is 12.9. The summed E-state index contributed by atoms with van der Waals surface area (Å²) in [5.41, 5.74) is 0. The first kappa shape index (κ1) is 15.0. The van der Waals surface area contributed by atoms with Gasteiger partial charge in [0.05, 0.1) is 0 Å². The van der Waals surface area contributed by atoms with Crippen LogP contribution in [0, 0.1) is 5.92 Å². The molecule has 2 aliphatic rings. The standard InChI is InChI=1S/C17H26N2OS/c1-13(20)19-11-15(17-7-4-8-21-17)9-16(12-19)18-10-14-5-2-3-6-14/h4,7-8,14-16,18H,2-3,5-6,9-12H2,1H3. The van der Waals surface area contributed by atoms with Gasteiger partial charge in [0.15, 0.2) is 0 Å². The predicted molar refractivity (Wildman–Crippen MR) is 87.7 cm³/mol. The number of likely N-dealkylation sites (tertiary alicyclic amines) is 1. The summed E-state index contributed by atoms with van der Waals surface area (Å²) in [4.78, 5) is 15.3. The van der Waals surface area contributed by atoms with Gasteiger partial charge >= 0.3 is 0 Å². The fourth-order valence-electron chi connectivity index (χ4n) is 3.78. The molecular weight excluding hydrogens is 280 g/mol. The van der Waals surface area contributed by atoms with E-state index in [-0.39, 0.29) is 5.91 Å². The number of hydrogen-bond acceptors (Lipinski definition) is 3. The molecule has 0 aromatic carbocycles. The van der Waals surface area contributed by atoms with E-state index in [0.717, 1.165) is 32.0 Å². The third-order valence-corrected chi connectivity index (χ3v) is 6.05. The van der Waals surface area contributed by atoms with Gasteiger partial charge < -0.3 is 10.2 Å². The van der Waals surface area contributed by atoms with Crippen molar-refractivity contribution in [1.29, 1.82) is 0 Å². The number of hydrogen-bond donors (Lipinski definition) is 1. The molecule has 0 bridgehead atoms. The quantitative estimate of drug-likeness (QED) is 0.926. The van der Waals surface area contributed by atoms with Gasteiger partial charge in [-0.2, -0.15) is 0 Å². The summed E-state index contributed by atoms with van der Waals surface area (Å²) in [6.07, 6.45) is 6.72. The van der Waals surface area contributed by atoms with Crippen molar-refractivity contribution in [2.24, 2.45) is 5.92 Å². The number of amides is 1. The lowest BCUT2D eigenvalue weighted by Gasteiger charge is -2.38. The van der Waals surface area contributed by atoms with E-state index in [1.807, 2.05) is 16.2 Å². The Labute approximate surface area is 131 Å². The maximum atomic E-state index is 11.8. The highest BCUT2D eigenvalue weighted by molar-refractivity contribution is 7.10. The first-order valence-electron chi connectivity index (χ1n) is 8.24. The number of carbonyl (C=O) groups is 1. The van der Waals surface area contributed by atoms with Gasteiger partial charge in [-0.1, -0.05) is 18.9 Å². The third-order valence-electron chi connectivity index (χ3n) is 5.01. The fourth-order valence-corrected chi connectivity index (χ4v) is 4.62. The zero-order valence-corrected chi connectivity index (χ0v) is 13.7. The van der Waals surface area contributed by atoms with Crippen LogP contribution in [0.3, 0.4) is 0 Å². The normalized spacial score (nSPS) is 27.2. The third kappa shape index (κ3) is 3.86. The molecule has 0 radical (unpaired) electrons. The molecule has 1 amide bonds. The molecule has 0 spiro atoms. The van der Waals surface area contributed by atoms with E-state index in [2.05, 4.69) is 22.8 Å². The van der Waals surface area contributed by atoms with Gasteiger partial charge in [-0.3, -0.25) is 4.79 Å². The van der Waals surface area contributed by atoms with Crippen molar-refractivity contribution in [2.45, 2.75) is 51.0 Å². The van der Waals surface area contributed by atoms with Gasteiger partial charge in [-0.25, -0.2) is 0 Å². The molecule has 2 atom stereocenters. The molecule has 1 aliphatic heterocycles. The van der Waals surface area contributed by atoms with Gasteiger partial charge in [0.1, 0.15) is 0 Å². The number of carbonyl (C=O) groups excluding carboxylic acids is 1. The minimum atomic E-state index is 0.212. The topological polar surface area (TPSA) is 32.3 Å². The van der Waals surface area contributed by atoms with E-state index in [4.69, 9.17) is 0 Å². The number of nitrogens with one attached hydrogen (secondary N) is 1. The molecule has 1 aromatic rings. The Balaban J connectivity index is 1.60. The lowest BCUT2D eigenvalue weighted by molar-refractivity contribution is -0.130. The molecule has 4 heteroatoms. The molecule has 2 heterocycles. The molecule has 1 N–H and O–H groups in total. The lowest BCUT2D eigenvalue weighted by atomic mass is 9.92. The summed E-state index contributed by atoms with van der Waals surface area (Å²) in [6, 6.07) is 4.79. The second-order valence-corrected chi connectivity index (χ2v) is 7.61. The Morgan fingerprint density at radius 2 is 2.19 bits per heavy atom. The summed E-state index contributed by atoms with van der Waals surface area (Å²) in [7, 11) is 0. The van der Waals surface area contributed by atoms with Crippen molar-refractivity contribution < 1.29 is 4.79 Å². The molecule has 1 aromatic heterocycles. The molecule has 3 rings (SSSR count). The summed E-state index contributed by atoms with van der Waals surface area (Å²) < 4.78 is 0. The van der Waals surface area contributed by atoms with Crippen molar-refractivity contribution in [3.63, 3.8) is 0 Å². The maximum Gasteiger partial charge on any atom is 0.219 e. The Morgan fingerprint density at radius 1 is 1.38 bits per heavy atom. The van der Waals surface area contributed by atoms with Crippen molar-refractivity contribution >= 4 is 17.2 Å². The average Bonchev–Trinajstić information content (AvgIpc) is 3.18. The molecule has 1 saturated heterocycles. The van der Waals surface area contributed by atoms with Crippen LogP contribution in [0.5, 0.6) is 0 Å². The van der Waals surface area contributed by atoms with E-state index < -0.39 is 0 Å². The summed E-state index contributed by atoms with van der Waals surface area (Å²) in [6.45, 7) is 4.60. The minimum absolute atomic E-state index is 0.212. The van der Waals surface area contributed by atoms with Gasteiger partial charge in [0.2, 0.25) is 5.91 Å². The molecule has 1 saturated carbocycles. The summed E-state index contributed by atoms with van der Waals surface area (Å²) >= 11 is 1.82. The van der Waals surface area contributed by atoms with Crippen molar-refractivity contribution in [3.8, 4) is 0 Å². The molecule has 116 valence electrons. The van der Waals surface area contributed by atoms with Crippen LogP contribution < -0.4 is 5.32 Å². The van der Waals surface area contributed by atoms with Crippen LogP contribution in [0.2, 0.25) is 0 Å². The smallest absolute Gasteiger partial charge is 0.219 e. The van der Waals surface area contributed by atoms with Crippen LogP contribution in [0.4, 0.5) is 0 Å². The highest BCUT2D eigenvalue weighted by Crippen LogP contribution is 2.31. The van der Waals surface area contributed by atoms with Crippen LogP contribution in [0.1, 0.15) is 49.8 Å². The van der Waals surface area contributed by atoms with E-state index in [1.165, 1.54) is 30.6 Å². The first-order valence-corrected chi connectivity index (χ1v) is 9.12. The second kappa shape index (κ2) is 6.93. The van der Waals surface area contributed by atoms with Crippen LogP contribution in [-0.4, -0.2) is 36.5 Å². The first-order chi connectivity index (χ1) is 10.2. The fraction of sp³-hybridized carbons (Fsp3) is 0.706. The van der Waals surface area contributed by atoms with Crippen LogP contribution >= 0.6 is 11.3 Å². The molecule has 2 unspecified atom stereocenters. The number of thiophene rings is 1. The average molecular weight is 306 g/mol. The Hall–Kier alpha value is -0.870. The predicted octanol–water partition coefficient (Wildman–Crippen LogP) is 3.23. The highest BCUT2D eigenvalue weighted by atomic mass is 32.1. The monoisotopic (exact) mass is 306 g/mol. The Bertz CT molecular complexity index is 453. The van der Waals surface area contributed by atoms with Gasteiger partial charge in [-0.05, 0) is 43.2 Å². The van der Waals surface area contributed by atoms with Gasteiger partial charge in [0, 0.05) is 36.9 Å². The van der Waals surface area contributed by atoms with Crippen LogP contribution in [-0.2, 0) is 4.79 Å². The largest absolute Gasteiger partial charge is 0.341 e. The molecule has 21 heavy (non-hydrogen) atoms. The summed E-state index contributed by atoms with van der Waals surface area (Å²) in [5, 5.41) is 5.89. The molecule has 1 aliphatic carbocycles. The minimum Gasteiger partial charge on any atom is -0.341 e. The van der Waals surface area contributed by atoms with Crippen molar-refractivity contribution in [3.05, 3.63) is 22.4 Å². The lowest BCUT2D eigenvalue weighted by Crippen LogP contribution is -2.50. The van der Waals surface area contributed by atoms with E-state index in [9.17, 15) is 4.79 Å². The van der Waals surface area contributed by atoms with E-state index in [0.29, 0.717) is 12.0 Å². The van der Waals surface area contributed by atoms with E-state index in [1.54, 1.807) is 6.92 Å². The Kier molecular flexibility index (Phi) is 4.96. The van der Waals surface area contributed by atoms with Gasteiger partial charge in [0.25, 0.3) is 0 Å². The number of rotatable bonds is 4. The SMILES string of the molecule is CC(=O)N1CC(NCC2CCCC2)CC(c2cccs2)C1. The Morgan fingerprint density at radius 3 is 2.86 bits per heavy atom. The maximum absolute atomic E-state index is 11.8. The summed E-state index contributed by atoms with van der Waals surface area (Å²) in [5.74, 6) is 1.57. The number of nitrogens with zero attached hydrogens (tertiary/aromatic N) is 1. The van der Waals surface area contributed by atoms with Crippen molar-refractivity contribution in [1.82, 2.24) is 10.2 Å². The second-order valence-electron chi connectivity index (χ2n) is 6.63. The van der Waals surface area contributed by atoms with E-state index >= 15 is 0 Å². The van der Waals surface area contributed by atoms with Gasteiger partial charge in [-0.15, -0.1) is 11.3 Å². The van der Waals surface area contributed by atoms with Crippen LogP contribution in [0.15, 0.2) is 17.5 Å². The van der Waals surface area contributed by atoms with Crippen molar-refractivity contribution in [2.75, 3.05) is 19.6 Å². The zero-order chi connectivity index (χ0) is 14.7. The molecule has 2 fully saturated rings.